The monoisotopic (exact) mass is 684 g/mol. The van der Waals surface area contributed by atoms with Crippen LogP contribution in [0.4, 0.5) is 11.4 Å². The normalized spacial score (nSPS) is 10.4. The van der Waals surface area contributed by atoms with Crippen LogP contribution >= 0.6 is 11.8 Å². The van der Waals surface area contributed by atoms with E-state index >= 15 is 0 Å². The second-order valence-electron chi connectivity index (χ2n) is 10.4. The van der Waals surface area contributed by atoms with Crippen LogP contribution in [-0.2, 0) is 11.3 Å². The molecule has 0 radical (unpaired) electrons. The third-order valence-electron chi connectivity index (χ3n) is 6.75. The van der Waals surface area contributed by atoms with Crippen molar-refractivity contribution >= 4 is 40.9 Å². The molecule has 3 aromatic heterocycles. The fourth-order valence-corrected chi connectivity index (χ4v) is 4.57. The van der Waals surface area contributed by atoms with Gasteiger partial charge in [-0.2, -0.15) is 5.26 Å². The highest BCUT2D eigenvalue weighted by Gasteiger charge is 2.20. The predicted octanol–water partition coefficient (Wildman–Crippen LogP) is 6.67. The van der Waals surface area contributed by atoms with Gasteiger partial charge in [0.2, 0.25) is 17.6 Å². The molecule has 0 saturated carbocycles. The number of rotatable bonds is 17. The topological polar surface area (TPSA) is 175 Å². The van der Waals surface area contributed by atoms with E-state index in [1.807, 2.05) is 49.6 Å². The summed E-state index contributed by atoms with van der Waals surface area (Å²) in [6, 6.07) is 18.4. The standard InChI is InChI=1S/C35H36N6O7S/c1-4-6-19-46-32-26(37-31(43)25-17-18-29(49-22-36)34(40-25)48-21-23-11-9-8-10-12-23)14-13-24(39-32)30(42)38-27-15-16-28(35(44)45-3)41-33(27)47-20-7-5-2/h8-18H,4-7,19-21H2,1-3H3,(H,37,43)(H,38,42). The molecule has 2 amide bonds. The number of unbranched alkanes of at least 4 members (excludes halogenated alkanes) is 2. The molecule has 4 rings (SSSR count). The summed E-state index contributed by atoms with van der Waals surface area (Å²) in [4.78, 5) is 52.2. The quantitative estimate of drug-likeness (QED) is 0.0524. The first-order valence-corrected chi connectivity index (χ1v) is 16.4. The highest BCUT2D eigenvalue weighted by atomic mass is 32.2. The van der Waals surface area contributed by atoms with Crippen LogP contribution in [0.15, 0.2) is 71.6 Å². The van der Waals surface area contributed by atoms with Crippen LogP contribution in [0.3, 0.4) is 0 Å². The number of carbonyl (C=O) groups is 3. The number of methoxy groups -OCH3 is 1. The van der Waals surface area contributed by atoms with Crippen LogP contribution in [0.25, 0.3) is 0 Å². The number of thiocyanates is 1. The number of nitrogens with one attached hydrogen (secondary N) is 2. The molecule has 14 heteroatoms. The van der Waals surface area contributed by atoms with E-state index in [9.17, 15) is 19.6 Å². The van der Waals surface area contributed by atoms with Crippen LogP contribution in [0, 0.1) is 10.7 Å². The highest BCUT2D eigenvalue weighted by molar-refractivity contribution is 8.03. The van der Waals surface area contributed by atoms with E-state index < -0.39 is 17.8 Å². The van der Waals surface area contributed by atoms with Gasteiger partial charge in [0, 0.05) is 0 Å². The summed E-state index contributed by atoms with van der Waals surface area (Å²) >= 11 is 0.874. The van der Waals surface area contributed by atoms with Crippen molar-refractivity contribution in [2.45, 2.75) is 51.0 Å². The molecule has 49 heavy (non-hydrogen) atoms. The van der Waals surface area contributed by atoms with Crippen LogP contribution in [0.1, 0.15) is 76.6 Å². The van der Waals surface area contributed by atoms with Gasteiger partial charge in [0.25, 0.3) is 11.8 Å². The van der Waals surface area contributed by atoms with E-state index in [-0.39, 0.29) is 52.7 Å². The van der Waals surface area contributed by atoms with Crippen molar-refractivity contribution < 1.29 is 33.3 Å². The molecule has 1 aromatic carbocycles. The van der Waals surface area contributed by atoms with Crippen molar-refractivity contribution in [1.82, 2.24) is 15.0 Å². The minimum atomic E-state index is -0.644. The maximum absolute atomic E-state index is 13.4. The maximum Gasteiger partial charge on any atom is 0.356 e. The fraction of sp³-hybridized carbons (Fsp3) is 0.286. The third-order valence-corrected chi connectivity index (χ3v) is 7.37. The molecule has 0 fully saturated rings. The minimum Gasteiger partial charge on any atom is -0.476 e. The number of carbonyl (C=O) groups excluding carboxylic acids is 3. The van der Waals surface area contributed by atoms with Gasteiger partial charge >= 0.3 is 5.97 Å². The highest BCUT2D eigenvalue weighted by Crippen LogP contribution is 2.30. The molecule has 2 N–H and O–H groups in total. The molecule has 0 atom stereocenters. The maximum atomic E-state index is 13.4. The van der Waals surface area contributed by atoms with Gasteiger partial charge in [-0.05, 0) is 66.6 Å². The number of hydrogen-bond acceptors (Lipinski definition) is 12. The fourth-order valence-electron chi connectivity index (χ4n) is 4.15. The van der Waals surface area contributed by atoms with Gasteiger partial charge in [-0.3, -0.25) is 9.59 Å². The lowest BCUT2D eigenvalue weighted by atomic mass is 10.2. The summed E-state index contributed by atoms with van der Waals surface area (Å²) in [5.41, 5.74) is 1.40. The molecule has 254 valence electrons. The number of thioether (sulfide) groups is 1. The molecule has 0 aliphatic carbocycles. The number of amides is 2. The lowest BCUT2D eigenvalue weighted by Gasteiger charge is -2.15. The van der Waals surface area contributed by atoms with Crippen molar-refractivity contribution in [3.05, 3.63) is 89.4 Å². The lowest BCUT2D eigenvalue weighted by molar-refractivity contribution is 0.0592. The smallest absolute Gasteiger partial charge is 0.356 e. The summed E-state index contributed by atoms with van der Waals surface area (Å²) in [5, 5.41) is 16.7. The van der Waals surface area contributed by atoms with Crippen molar-refractivity contribution in [3.8, 4) is 23.0 Å². The molecular formula is C35H36N6O7S. The lowest BCUT2D eigenvalue weighted by Crippen LogP contribution is -2.19. The zero-order valence-corrected chi connectivity index (χ0v) is 28.2. The minimum absolute atomic E-state index is 0.00588. The van der Waals surface area contributed by atoms with E-state index in [4.69, 9.17) is 18.9 Å². The van der Waals surface area contributed by atoms with Gasteiger partial charge in [-0.25, -0.2) is 19.7 Å². The van der Waals surface area contributed by atoms with Crippen LogP contribution in [0.2, 0.25) is 0 Å². The predicted molar refractivity (Wildman–Crippen MR) is 183 cm³/mol. The summed E-state index contributed by atoms with van der Waals surface area (Å²) in [5.74, 6) is -1.59. The van der Waals surface area contributed by atoms with E-state index in [0.717, 1.165) is 36.6 Å². The summed E-state index contributed by atoms with van der Waals surface area (Å²) in [7, 11) is 1.25. The zero-order valence-electron chi connectivity index (χ0n) is 27.4. The Bertz CT molecular complexity index is 1800. The Kier molecular flexibility index (Phi) is 13.7. The number of ether oxygens (including phenoxy) is 4. The third kappa shape index (κ3) is 10.4. The Labute approximate surface area is 288 Å². The Balaban J connectivity index is 1.56. The molecule has 4 aromatic rings. The first kappa shape index (κ1) is 36.2. The van der Waals surface area contributed by atoms with Crippen LogP contribution < -0.4 is 24.8 Å². The van der Waals surface area contributed by atoms with Crippen molar-refractivity contribution in [2.75, 3.05) is 31.0 Å². The number of nitriles is 1. The number of hydrogen-bond donors (Lipinski definition) is 2. The van der Waals surface area contributed by atoms with Crippen molar-refractivity contribution in [2.24, 2.45) is 0 Å². The molecule has 0 aliphatic heterocycles. The van der Waals surface area contributed by atoms with Crippen LogP contribution in [0.5, 0.6) is 17.6 Å². The average molecular weight is 685 g/mol. The van der Waals surface area contributed by atoms with Crippen molar-refractivity contribution in [3.63, 3.8) is 0 Å². The first-order valence-electron chi connectivity index (χ1n) is 15.6. The number of esters is 1. The van der Waals surface area contributed by atoms with Crippen LogP contribution in [-0.4, -0.2) is 53.1 Å². The largest absolute Gasteiger partial charge is 0.476 e. The van der Waals surface area contributed by atoms with Gasteiger partial charge in [0.1, 0.15) is 34.8 Å². The molecule has 0 aliphatic rings. The van der Waals surface area contributed by atoms with Gasteiger partial charge in [-0.1, -0.05) is 57.0 Å². The summed E-state index contributed by atoms with van der Waals surface area (Å²) in [6.45, 7) is 4.82. The number of pyridine rings is 3. The average Bonchev–Trinajstić information content (AvgIpc) is 3.12. The molecule has 13 nitrogen and oxygen atoms in total. The Morgan fingerprint density at radius 3 is 1.80 bits per heavy atom. The number of aromatic nitrogens is 3. The van der Waals surface area contributed by atoms with Gasteiger partial charge in [0.05, 0.1) is 25.2 Å². The first-order chi connectivity index (χ1) is 23.9. The number of nitrogens with zero attached hydrogens (tertiary/aromatic N) is 4. The van der Waals surface area contributed by atoms with E-state index in [0.29, 0.717) is 24.5 Å². The summed E-state index contributed by atoms with van der Waals surface area (Å²) < 4.78 is 22.3. The van der Waals surface area contributed by atoms with E-state index in [1.165, 1.54) is 37.4 Å². The SMILES string of the molecule is CCCCOc1nc(C(=O)Nc2ccc(C(=O)OC)nc2OCCCC)ccc1NC(=O)c1ccc(SC#N)c(OCc2ccccc2)n1. The van der Waals surface area contributed by atoms with Crippen molar-refractivity contribution in [1.29, 1.82) is 5.26 Å². The molecule has 0 unspecified atom stereocenters. The van der Waals surface area contributed by atoms with E-state index in [1.54, 1.807) is 6.07 Å². The van der Waals surface area contributed by atoms with Gasteiger partial charge in [0.15, 0.2) is 5.69 Å². The molecule has 0 saturated heterocycles. The molecule has 0 bridgehead atoms. The summed E-state index contributed by atoms with van der Waals surface area (Å²) in [6.07, 6.45) is 3.17. The Morgan fingerprint density at radius 1 is 0.714 bits per heavy atom. The number of benzene rings is 1. The Hall–Kier alpha value is -5.68. The molecular weight excluding hydrogens is 648 g/mol. The molecule has 0 spiro atoms. The zero-order chi connectivity index (χ0) is 35.0. The van der Waals surface area contributed by atoms with E-state index in [2.05, 4.69) is 25.6 Å². The Morgan fingerprint density at radius 2 is 1.24 bits per heavy atom. The van der Waals surface area contributed by atoms with Gasteiger partial charge in [-0.15, -0.1) is 0 Å². The molecule has 3 heterocycles. The number of anilines is 2. The second-order valence-corrected chi connectivity index (χ2v) is 11.2. The van der Waals surface area contributed by atoms with Gasteiger partial charge < -0.3 is 29.6 Å². The second kappa shape index (κ2) is 18.6.